The van der Waals surface area contributed by atoms with Gasteiger partial charge in [0.15, 0.2) is 11.5 Å². The van der Waals surface area contributed by atoms with Crippen LogP contribution in [-0.2, 0) is 0 Å². The minimum atomic E-state index is 0.521. The molecule has 1 aliphatic carbocycles. The average Bonchev–Trinajstić information content (AvgIpc) is 2.25. The molecule has 2 N–H and O–H groups in total. The Balaban J connectivity index is 2.13. The van der Waals surface area contributed by atoms with Gasteiger partial charge in [-0.3, -0.25) is 0 Å². The predicted molar refractivity (Wildman–Crippen MR) is 64.1 cm³/mol. The third kappa shape index (κ3) is 2.30. The van der Waals surface area contributed by atoms with Gasteiger partial charge in [-0.2, -0.15) is 0 Å². The van der Waals surface area contributed by atoms with Gasteiger partial charge in [-0.15, -0.1) is 0 Å². The summed E-state index contributed by atoms with van der Waals surface area (Å²) in [6.07, 6.45) is 3.94. The molecule has 16 heavy (non-hydrogen) atoms. The fraction of sp³-hybridized carbons (Fsp3) is 0.538. The minimum Gasteiger partial charge on any atom is -0.493 e. The van der Waals surface area contributed by atoms with E-state index in [9.17, 15) is 0 Å². The van der Waals surface area contributed by atoms with E-state index in [4.69, 9.17) is 15.2 Å². The van der Waals surface area contributed by atoms with Gasteiger partial charge >= 0.3 is 0 Å². The molecular weight excluding hydrogens is 202 g/mol. The van der Waals surface area contributed by atoms with Crippen LogP contribution in [0.5, 0.6) is 11.5 Å². The highest BCUT2D eigenvalue weighted by Crippen LogP contribution is 2.39. The van der Waals surface area contributed by atoms with E-state index in [2.05, 4.69) is 12.1 Å². The Kier molecular flexibility index (Phi) is 3.67. The molecular formula is C13H19NO2. The lowest BCUT2D eigenvalue weighted by Gasteiger charge is -2.26. The van der Waals surface area contributed by atoms with E-state index >= 15 is 0 Å². The zero-order chi connectivity index (χ0) is 11.4. The highest BCUT2D eigenvalue weighted by atomic mass is 16.5. The Morgan fingerprint density at radius 2 is 2.12 bits per heavy atom. The Morgan fingerprint density at radius 3 is 2.69 bits per heavy atom. The second kappa shape index (κ2) is 5.21. The van der Waals surface area contributed by atoms with Crippen LogP contribution in [0.25, 0.3) is 0 Å². The van der Waals surface area contributed by atoms with Crippen LogP contribution in [-0.4, -0.2) is 20.3 Å². The molecule has 0 heterocycles. The summed E-state index contributed by atoms with van der Waals surface area (Å²) < 4.78 is 10.8. The Morgan fingerprint density at radius 1 is 1.31 bits per heavy atom. The zero-order valence-corrected chi connectivity index (χ0v) is 9.74. The molecule has 0 unspecified atom stereocenters. The number of rotatable bonds is 5. The van der Waals surface area contributed by atoms with Crippen LogP contribution in [0, 0.1) is 0 Å². The molecule has 0 aliphatic heterocycles. The predicted octanol–water partition coefficient (Wildman–Crippen LogP) is 2.30. The molecule has 2 rings (SSSR count). The number of benzene rings is 1. The lowest BCUT2D eigenvalue weighted by atomic mass is 9.80. The van der Waals surface area contributed by atoms with Crippen LogP contribution in [0.2, 0.25) is 0 Å². The van der Waals surface area contributed by atoms with Crippen LogP contribution < -0.4 is 15.2 Å². The number of ether oxygens (including phenoxy) is 2. The van der Waals surface area contributed by atoms with Crippen molar-refractivity contribution in [2.24, 2.45) is 5.73 Å². The molecule has 1 aliphatic rings. The van der Waals surface area contributed by atoms with E-state index in [1.807, 2.05) is 6.07 Å². The molecule has 1 fully saturated rings. The summed E-state index contributed by atoms with van der Waals surface area (Å²) in [4.78, 5) is 0. The molecule has 0 radical (unpaired) electrons. The molecule has 0 bridgehead atoms. The van der Waals surface area contributed by atoms with Gasteiger partial charge in [0, 0.05) is 6.54 Å². The van der Waals surface area contributed by atoms with Crippen molar-refractivity contribution >= 4 is 0 Å². The van der Waals surface area contributed by atoms with Gasteiger partial charge in [-0.1, -0.05) is 12.5 Å². The minimum absolute atomic E-state index is 0.521. The van der Waals surface area contributed by atoms with Crippen LogP contribution in [0.15, 0.2) is 18.2 Å². The highest BCUT2D eigenvalue weighted by Gasteiger charge is 2.20. The number of nitrogens with two attached hydrogens (primary N) is 1. The second-order valence-electron chi connectivity index (χ2n) is 4.18. The monoisotopic (exact) mass is 221 g/mol. The van der Waals surface area contributed by atoms with E-state index in [1.165, 1.54) is 24.8 Å². The summed E-state index contributed by atoms with van der Waals surface area (Å²) in [7, 11) is 1.68. The van der Waals surface area contributed by atoms with Gasteiger partial charge in [0.05, 0.1) is 7.11 Å². The van der Waals surface area contributed by atoms with Crippen molar-refractivity contribution in [1.29, 1.82) is 0 Å². The lowest BCUT2D eigenvalue weighted by molar-refractivity contribution is 0.301. The Labute approximate surface area is 96.5 Å². The quantitative estimate of drug-likeness (QED) is 0.829. The van der Waals surface area contributed by atoms with E-state index in [0.717, 1.165) is 17.4 Å². The molecule has 1 aromatic carbocycles. The molecule has 1 aromatic rings. The first-order valence-electron chi connectivity index (χ1n) is 5.86. The molecule has 0 saturated heterocycles. The topological polar surface area (TPSA) is 44.5 Å². The first-order valence-corrected chi connectivity index (χ1v) is 5.86. The van der Waals surface area contributed by atoms with E-state index < -0.39 is 0 Å². The van der Waals surface area contributed by atoms with E-state index in [-0.39, 0.29) is 0 Å². The van der Waals surface area contributed by atoms with Gasteiger partial charge in [0.25, 0.3) is 0 Å². The van der Waals surface area contributed by atoms with Gasteiger partial charge < -0.3 is 15.2 Å². The fourth-order valence-electron chi connectivity index (χ4n) is 1.97. The van der Waals surface area contributed by atoms with Crippen molar-refractivity contribution in [1.82, 2.24) is 0 Å². The Bertz CT molecular complexity index is 348. The zero-order valence-electron chi connectivity index (χ0n) is 9.74. The van der Waals surface area contributed by atoms with Crippen molar-refractivity contribution in [3.63, 3.8) is 0 Å². The van der Waals surface area contributed by atoms with E-state index in [0.29, 0.717) is 13.2 Å². The van der Waals surface area contributed by atoms with Crippen molar-refractivity contribution in [2.45, 2.75) is 25.2 Å². The molecule has 0 atom stereocenters. The summed E-state index contributed by atoms with van der Waals surface area (Å²) in [6.45, 7) is 1.05. The maximum atomic E-state index is 5.51. The molecule has 3 heteroatoms. The van der Waals surface area contributed by atoms with Gasteiger partial charge in [0.1, 0.15) is 6.61 Å². The second-order valence-corrected chi connectivity index (χ2v) is 4.18. The van der Waals surface area contributed by atoms with Crippen molar-refractivity contribution < 1.29 is 9.47 Å². The largest absolute Gasteiger partial charge is 0.493 e. The Hall–Kier alpha value is -1.22. The molecule has 88 valence electrons. The van der Waals surface area contributed by atoms with Crippen LogP contribution in [0.4, 0.5) is 0 Å². The first-order chi connectivity index (χ1) is 7.85. The molecule has 0 spiro atoms. The summed E-state index contributed by atoms with van der Waals surface area (Å²) in [6, 6.07) is 6.22. The standard InChI is InChI=1S/C13H19NO2/c1-15-13-9-11(10-3-2-4-10)5-6-12(13)16-8-7-14/h5-6,9-10H,2-4,7-8,14H2,1H3. The summed E-state index contributed by atoms with van der Waals surface area (Å²) in [5, 5.41) is 0. The summed E-state index contributed by atoms with van der Waals surface area (Å²) in [5.74, 6) is 2.33. The van der Waals surface area contributed by atoms with Gasteiger partial charge in [-0.25, -0.2) is 0 Å². The van der Waals surface area contributed by atoms with Crippen molar-refractivity contribution in [2.75, 3.05) is 20.3 Å². The number of hydrogen-bond donors (Lipinski definition) is 1. The fourth-order valence-corrected chi connectivity index (χ4v) is 1.97. The van der Waals surface area contributed by atoms with Crippen molar-refractivity contribution in [3.05, 3.63) is 23.8 Å². The average molecular weight is 221 g/mol. The molecule has 0 aromatic heterocycles. The molecule has 0 amide bonds. The van der Waals surface area contributed by atoms with Crippen LogP contribution in [0.1, 0.15) is 30.7 Å². The molecule has 1 saturated carbocycles. The highest BCUT2D eigenvalue weighted by molar-refractivity contribution is 5.44. The smallest absolute Gasteiger partial charge is 0.161 e. The molecule has 3 nitrogen and oxygen atoms in total. The van der Waals surface area contributed by atoms with Crippen molar-refractivity contribution in [3.8, 4) is 11.5 Å². The third-order valence-electron chi connectivity index (χ3n) is 3.14. The van der Waals surface area contributed by atoms with Crippen LogP contribution in [0.3, 0.4) is 0 Å². The van der Waals surface area contributed by atoms with Crippen LogP contribution >= 0.6 is 0 Å². The van der Waals surface area contributed by atoms with Gasteiger partial charge in [-0.05, 0) is 36.5 Å². The number of hydrogen-bond acceptors (Lipinski definition) is 3. The summed E-state index contributed by atoms with van der Waals surface area (Å²) in [5.41, 5.74) is 6.77. The van der Waals surface area contributed by atoms with E-state index in [1.54, 1.807) is 7.11 Å². The maximum Gasteiger partial charge on any atom is 0.161 e. The first kappa shape index (κ1) is 11.3. The lowest BCUT2D eigenvalue weighted by Crippen LogP contribution is -2.12. The maximum absolute atomic E-state index is 5.51. The number of methoxy groups -OCH3 is 1. The summed E-state index contributed by atoms with van der Waals surface area (Å²) >= 11 is 0. The normalized spacial score (nSPS) is 15.6. The SMILES string of the molecule is COc1cc(C2CCC2)ccc1OCCN. The third-order valence-corrected chi connectivity index (χ3v) is 3.14. The van der Waals surface area contributed by atoms with Gasteiger partial charge in [0.2, 0.25) is 0 Å².